The highest BCUT2D eigenvalue weighted by atomic mass is 79.9. The lowest BCUT2D eigenvalue weighted by molar-refractivity contribution is -0.121. The Bertz CT molecular complexity index is 1260. The maximum atomic E-state index is 12.2. The largest absolute Gasteiger partial charge is 0.326 e. The monoisotopic (exact) mass is 487 g/mol. The van der Waals surface area contributed by atoms with Crippen LogP contribution in [0, 0.1) is 0 Å². The molecule has 0 bridgehead atoms. The van der Waals surface area contributed by atoms with Crippen LogP contribution in [0.5, 0.6) is 0 Å². The molecule has 0 aliphatic carbocycles. The third-order valence-corrected chi connectivity index (χ3v) is 5.61. The number of hydrogen-bond acceptors (Lipinski definition) is 3. The number of benzene rings is 4. The van der Waals surface area contributed by atoms with E-state index in [0.29, 0.717) is 6.42 Å². The van der Waals surface area contributed by atoms with Crippen molar-refractivity contribution in [1.82, 2.24) is 5.43 Å². The van der Waals surface area contributed by atoms with Gasteiger partial charge < -0.3 is 5.32 Å². The summed E-state index contributed by atoms with van der Waals surface area (Å²) in [6.07, 6.45) is 2.62. The van der Waals surface area contributed by atoms with Gasteiger partial charge in [0.15, 0.2) is 0 Å². The average molecular weight is 488 g/mol. The van der Waals surface area contributed by atoms with Crippen LogP contribution in [-0.4, -0.2) is 18.0 Å². The normalized spacial score (nSPS) is 11.2. The molecule has 4 aromatic rings. The number of amides is 2. The van der Waals surface area contributed by atoms with E-state index in [9.17, 15) is 9.59 Å². The molecular formula is C26H22BrN3O2. The van der Waals surface area contributed by atoms with Crippen molar-refractivity contribution in [2.45, 2.75) is 19.3 Å². The molecule has 160 valence electrons. The summed E-state index contributed by atoms with van der Waals surface area (Å²) in [6.45, 7) is 0. The van der Waals surface area contributed by atoms with Crippen molar-refractivity contribution in [3.05, 3.63) is 88.9 Å². The van der Waals surface area contributed by atoms with Crippen LogP contribution in [0.25, 0.3) is 21.5 Å². The summed E-state index contributed by atoms with van der Waals surface area (Å²) in [7, 11) is 0. The molecule has 0 fully saturated rings. The number of hydrazone groups is 1. The molecule has 0 saturated heterocycles. The Kier molecular flexibility index (Phi) is 6.92. The molecule has 0 spiro atoms. The molecule has 0 heterocycles. The van der Waals surface area contributed by atoms with Crippen molar-refractivity contribution in [3.63, 3.8) is 0 Å². The van der Waals surface area contributed by atoms with Crippen molar-refractivity contribution in [3.8, 4) is 0 Å². The number of carbonyl (C=O) groups excluding carboxylic acids is 2. The van der Waals surface area contributed by atoms with E-state index in [0.717, 1.165) is 37.3 Å². The van der Waals surface area contributed by atoms with Crippen LogP contribution in [-0.2, 0) is 9.59 Å². The van der Waals surface area contributed by atoms with E-state index in [2.05, 4.69) is 62.1 Å². The highest BCUT2D eigenvalue weighted by molar-refractivity contribution is 9.10. The first-order chi connectivity index (χ1) is 15.6. The van der Waals surface area contributed by atoms with Crippen LogP contribution in [0.2, 0.25) is 0 Å². The molecule has 0 aliphatic rings. The first-order valence-electron chi connectivity index (χ1n) is 10.4. The maximum Gasteiger partial charge on any atom is 0.240 e. The van der Waals surface area contributed by atoms with E-state index in [4.69, 9.17) is 0 Å². The molecule has 4 aromatic carbocycles. The van der Waals surface area contributed by atoms with Crippen molar-refractivity contribution >= 4 is 61.2 Å². The number of anilines is 1. The molecule has 4 rings (SSSR count). The standard InChI is InChI=1S/C26H22BrN3O2/c27-20-9-5-10-21(16-20)29-25(31)13-6-14-26(32)30-28-17-24-22-11-3-1-7-18(22)15-19-8-2-4-12-23(19)24/h1-5,7-12,15-17H,6,13-14H2,(H,29,31)(H,30,32)/b28-17+. The molecular weight excluding hydrogens is 466 g/mol. The number of rotatable bonds is 7. The highest BCUT2D eigenvalue weighted by Gasteiger charge is 2.07. The molecule has 0 unspecified atom stereocenters. The van der Waals surface area contributed by atoms with Gasteiger partial charge in [-0.1, -0.05) is 70.5 Å². The average Bonchev–Trinajstić information content (AvgIpc) is 2.78. The third-order valence-electron chi connectivity index (χ3n) is 5.11. The summed E-state index contributed by atoms with van der Waals surface area (Å²) in [6, 6.07) is 25.8. The summed E-state index contributed by atoms with van der Waals surface area (Å²) in [5.74, 6) is -0.345. The summed E-state index contributed by atoms with van der Waals surface area (Å²) < 4.78 is 0.895. The topological polar surface area (TPSA) is 70.6 Å². The smallest absolute Gasteiger partial charge is 0.240 e. The molecule has 5 nitrogen and oxygen atoms in total. The maximum absolute atomic E-state index is 12.2. The van der Waals surface area contributed by atoms with Gasteiger partial charge in [-0.25, -0.2) is 5.43 Å². The minimum absolute atomic E-state index is 0.123. The van der Waals surface area contributed by atoms with E-state index in [1.54, 1.807) is 6.21 Å². The van der Waals surface area contributed by atoms with Crippen LogP contribution in [0.15, 0.2) is 88.4 Å². The fourth-order valence-electron chi connectivity index (χ4n) is 3.61. The Balaban J connectivity index is 1.34. The fourth-order valence-corrected chi connectivity index (χ4v) is 4.01. The van der Waals surface area contributed by atoms with Crippen LogP contribution in [0.4, 0.5) is 5.69 Å². The van der Waals surface area contributed by atoms with Gasteiger partial charge in [0.2, 0.25) is 11.8 Å². The Morgan fingerprint density at radius 3 is 2.16 bits per heavy atom. The summed E-state index contributed by atoms with van der Waals surface area (Å²) >= 11 is 3.37. The molecule has 0 aliphatic heterocycles. The summed E-state index contributed by atoms with van der Waals surface area (Å²) in [4.78, 5) is 24.2. The lowest BCUT2D eigenvalue weighted by Gasteiger charge is -2.08. The van der Waals surface area contributed by atoms with Crippen molar-refractivity contribution in [2.75, 3.05) is 5.32 Å². The fraction of sp³-hybridized carbons (Fsp3) is 0.115. The zero-order valence-corrected chi connectivity index (χ0v) is 18.9. The zero-order chi connectivity index (χ0) is 22.3. The van der Waals surface area contributed by atoms with Crippen molar-refractivity contribution < 1.29 is 9.59 Å². The predicted molar refractivity (Wildman–Crippen MR) is 134 cm³/mol. The molecule has 0 aromatic heterocycles. The van der Waals surface area contributed by atoms with Gasteiger partial charge in [-0.15, -0.1) is 0 Å². The minimum atomic E-state index is -0.221. The second-order valence-electron chi connectivity index (χ2n) is 7.44. The first kappa shape index (κ1) is 21.7. The van der Waals surface area contributed by atoms with Gasteiger partial charge in [0.1, 0.15) is 0 Å². The van der Waals surface area contributed by atoms with Crippen LogP contribution < -0.4 is 10.7 Å². The van der Waals surface area contributed by atoms with Gasteiger partial charge in [0.25, 0.3) is 0 Å². The quantitative estimate of drug-likeness (QED) is 0.190. The van der Waals surface area contributed by atoms with Gasteiger partial charge in [0.05, 0.1) is 6.21 Å². The number of carbonyl (C=O) groups is 2. The highest BCUT2D eigenvalue weighted by Crippen LogP contribution is 2.27. The number of nitrogens with zero attached hydrogens (tertiary/aromatic N) is 1. The third kappa shape index (κ3) is 5.39. The number of nitrogens with one attached hydrogen (secondary N) is 2. The van der Waals surface area contributed by atoms with E-state index < -0.39 is 0 Å². The second kappa shape index (κ2) is 10.2. The van der Waals surface area contributed by atoms with E-state index >= 15 is 0 Å². The van der Waals surface area contributed by atoms with E-state index in [-0.39, 0.29) is 24.7 Å². The number of halogens is 1. The Morgan fingerprint density at radius 1 is 0.812 bits per heavy atom. The van der Waals surface area contributed by atoms with Crippen LogP contribution in [0.3, 0.4) is 0 Å². The van der Waals surface area contributed by atoms with Gasteiger partial charge in [0, 0.05) is 28.6 Å². The lowest BCUT2D eigenvalue weighted by atomic mass is 9.97. The zero-order valence-electron chi connectivity index (χ0n) is 17.3. The lowest BCUT2D eigenvalue weighted by Crippen LogP contribution is -2.18. The SMILES string of the molecule is O=C(CCCC(=O)Nc1cccc(Br)c1)N/N=C/c1c2ccccc2cc2ccccc12. The minimum Gasteiger partial charge on any atom is -0.326 e. The van der Waals surface area contributed by atoms with Gasteiger partial charge in [-0.3, -0.25) is 9.59 Å². The van der Waals surface area contributed by atoms with Gasteiger partial charge in [-0.05, 0) is 52.2 Å². The van der Waals surface area contributed by atoms with Crippen LogP contribution in [0.1, 0.15) is 24.8 Å². The Morgan fingerprint density at radius 2 is 1.47 bits per heavy atom. The number of hydrogen-bond donors (Lipinski definition) is 2. The molecule has 6 heteroatoms. The van der Waals surface area contributed by atoms with Gasteiger partial charge in [-0.2, -0.15) is 5.10 Å². The first-order valence-corrected chi connectivity index (χ1v) is 11.2. The van der Waals surface area contributed by atoms with Crippen molar-refractivity contribution in [1.29, 1.82) is 0 Å². The van der Waals surface area contributed by atoms with Crippen molar-refractivity contribution in [2.24, 2.45) is 5.10 Å². The Labute approximate surface area is 194 Å². The molecule has 0 saturated carbocycles. The summed E-state index contributed by atoms with van der Waals surface area (Å²) in [5.41, 5.74) is 4.27. The predicted octanol–water partition coefficient (Wildman–Crippen LogP) is 6.01. The summed E-state index contributed by atoms with van der Waals surface area (Å²) in [5, 5.41) is 11.4. The molecule has 0 radical (unpaired) electrons. The van der Waals surface area contributed by atoms with Gasteiger partial charge >= 0.3 is 0 Å². The molecule has 2 N–H and O–H groups in total. The van der Waals surface area contributed by atoms with E-state index in [1.807, 2.05) is 48.5 Å². The number of fused-ring (bicyclic) bond motifs is 2. The second-order valence-corrected chi connectivity index (χ2v) is 8.35. The molecule has 2 amide bonds. The molecule has 0 atom stereocenters. The van der Waals surface area contributed by atoms with E-state index in [1.165, 1.54) is 0 Å². The Hall–Kier alpha value is -3.51. The molecule has 32 heavy (non-hydrogen) atoms. The van der Waals surface area contributed by atoms with Crippen LogP contribution >= 0.6 is 15.9 Å².